The fraction of sp³-hybridized carbons (Fsp3) is 0.308. The Labute approximate surface area is 207 Å². The lowest BCUT2D eigenvalue weighted by Crippen LogP contribution is -2.23. The van der Waals surface area contributed by atoms with Crippen molar-refractivity contribution in [2.45, 2.75) is 39.5 Å². The van der Waals surface area contributed by atoms with Gasteiger partial charge >= 0.3 is 0 Å². The van der Waals surface area contributed by atoms with Crippen molar-refractivity contribution in [3.63, 3.8) is 0 Å². The van der Waals surface area contributed by atoms with E-state index < -0.39 is 0 Å². The molecule has 8 heteroatoms. The highest BCUT2D eigenvalue weighted by Crippen LogP contribution is 2.33. The Balaban J connectivity index is 2.16. The number of hydrogen-bond acceptors (Lipinski definition) is 6. The summed E-state index contributed by atoms with van der Waals surface area (Å²) in [5.74, 6) is 1.66. The molecule has 0 N–H and O–H groups in total. The average molecular weight is 523 g/mol. The van der Waals surface area contributed by atoms with Gasteiger partial charge in [-0.25, -0.2) is 4.98 Å². The Kier molecular flexibility index (Phi) is 8.61. The molecule has 0 amide bonds. The number of nitriles is 1. The number of ether oxygens (including phenoxy) is 2. The summed E-state index contributed by atoms with van der Waals surface area (Å²) in [6.45, 7) is 10.1. The number of nitrogens with zero attached hydrogens (tertiary/aromatic N) is 4. The van der Waals surface area contributed by atoms with Gasteiger partial charge < -0.3 is 9.47 Å². The van der Waals surface area contributed by atoms with Crippen molar-refractivity contribution in [2.75, 3.05) is 13.2 Å². The zero-order valence-electron chi connectivity index (χ0n) is 19.5. The maximum Gasteiger partial charge on any atom is 0.282 e. The summed E-state index contributed by atoms with van der Waals surface area (Å²) in [6.07, 6.45) is 4.70. The molecule has 0 unspecified atom stereocenters. The van der Waals surface area contributed by atoms with Gasteiger partial charge in [0, 0.05) is 16.0 Å². The molecule has 0 saturated carbocycles. The monoisotopic (exact) mass is 522 g/mol. The average Bonchev–Trinajstić information content (AvgIpc) is 2.83. The molecule has 176 valence electrons. The largest absolute Gasteiger partial charge is 0.490 e. The van der Waals surface area contributed by atoms with Gasteiger partial charge in [-0.2, -0.15) is 15.0 Å². The molecule has 0 aliphatic carbocycles. The second-order valence-corrected chi connectivity index (χ2v) is 8.60. The number of hydrogen-bond donors (Lipinski definition) is 0. The maximum absolute atomic E-state index is 13.4. The third kappa shape index (κ3) is 5.54. The lowest BCUT2D eigenvalue weighted by Gasteiger charge is -2.16. The van der Waals surface area contributed by atoms with E-state index in [1.807, 2.05) is 45.0 Å². The number of benzene rings is 2. The molecular formula is C26H27BrN4O3. The van der Waals surface area contributed by atoms with Gasteiger partial charge in [0.05, 0.1) is 23.7 Å². The van der Waals surface area contributed by atoms with Crippen LogP contribution in [-0.2, 0) is 6.42 Å². The predicted molar refractivity (Wildman–Crippen MR) is 138 cm³/mol. The maximum atomic E-state index is 13.4. The smallest absolute Gasteiger partial charge is 0.282 e. The van der Waals surface area contributed by atoms with Crippen LogP contribution in [0.4, 0.5) is 0 Å². The first-order valence-electron chi connectivity index (χ1n) is 11.1. The van der Waals surface area contributed by atoms with E-state index in [1.54, 1.807) is 24.4 Å². The molecule has 0 spiro atoms. The van der Waals surface area contributed by atoms with Gasteiger partial charge in [0.2, 0.25) is 0 Å². The van der Waals surface area contributed by atoms with Gasteiger partial charge in [-0.15, -0.1) is 6.58 Å². The molecule has 1 heterocycles. The van der Waals surface area contributed by atoms with Gasteiger partial charge in [-0.1, -0.05) is 35.9 Å². The number of fused-ring (bicyclic) bond motifs is 1. The van der Waals surface area contributed by atoms with Crippen LogP contribution in [-0.4, -0.2) is 29.1 Å². The van der Waals surface area contributed by atoms with Crippen LogP contribution < -0.4 is 15.0 Å². The Bertz CT molecular complexity index is 1320. The summed E-state index contributed by atoms with van der Waals surface area (Å²) in [5.41, 5.74) is 1.94. The van der Waals surface area contributed by atoms with Crippen molar-refractivity contribution < 1.29 is 9.47 Å². The SMILES string of the molecule is C=CCc1cc(C=Nn2c([C@@H](C)CC)nc3ccc(Br)cc3c2=O)cc(OCC)c1OCC#N. The molecule has 0 aliphatic rings. The molecule has 0 fully saturated rings. The molecule has 1 atom stereocenters. The summed E-state index contributed by atoms with van der Waals surface area (Å²) in [7, 11) is 0. The van der Waals surface area contributed by atoms with Gasteiger partial charge in [0.25, 0.3) is 5.56 Å². The van der Waals surface area contributed by atoms with Crippen LogP contribution in [0, 0.1) is 11.3 Å². The fourth-order valence-electron chi connectivity index (χ4n) is 3.50. The van der Waals surface area contributed by atoms with E-state index in [0.29, 0.717) is 41.3 Å². The lowest BCUT2D eigenvalue weighted by atomic mass is 10.1. The first-order chi connectivity index (χ1) is 16.4. The molecule has 0 aliphatic heterocycles. The molecule has 3 rings (SSSR count). The van der Waals surface area contributed by atoms with Crippen molar-refractivity contribution in [3.05, 3.63) is 74.8 Å². The second kappa shape index (κ2) is 11.6. The summed E-state index contributed by atoms with van der Waals surface area (Å²) >= 11 is 3.43. The topological polar surface area (TPSA) is 89.5 Å². The molecule has 0 saturated heterocycles. The van der Waals surface area contributed by atoms with Crippen LogP contribution in [0.1, 0.15) is 50.1 Å². The molecule has 1 aromatic heterocycles. The Morgan fingerprint density at radius 3 is 2.76 bits per heavy atom. The zero-order valence-corrected chi connectivity index (χ0v) is 21.1. The van der Waals surface area contributed by atoms with E-state index in [0.717, 1.165) is 22.0 Å². The fourth-order valence-corrected chi connectivity index (χ4v) is 3.86. The molecule has 0 radical (unpaired) electrons. The first kappa shape index (κ1) is 25.2. The van der Waals surface area contributed by atoms with E-state index in [-0.39, 0.29) is 18.1 Å². The number of rotatable bonds is 10. The highest BCUT2D eigenvalue weighted by atomic mass is 79.9. The van der Waals surface area contributed by atoms with E-state index in [2.05, 4.69) is 27.6 Å². The highest BCUT2D eigenvalue weighted by molar-refractivity contribution is 9.10. The minimum absolute atomic E-state index is 0.0370. The summed E-state index contributed by atoms with van der Waals surface area (Å²) in [4.78, 5) is 18.1. The van der Waals surface area contributed by atoms with Crippen molar-refractivity contribution in [3.8, 4) is 17.6 Å². The van der Waals surface area contributed by atoms with Crippen molar-refractivity contribution >= 4 is 33.0 Å². The minimum Gasteiger partial charge on any atom is -0.490 e. The van der Waals surface area contributed by atoms with Crippen LogP contribution in [0.2, 0.25) is 0 Å². The summed E-state index contributed by atoms with van der Waals surface area (Å²) in [6, 6.07) is 11.1. The molecule has 7 nitrogen and oxygen atoms in total. The quantitative estimate of drug-likeness (QED) is 0.256. The number of halogens is 1. The van der Waals surface area contributed by atoms with E-state index in [9.17, 15) is 4.79 Å². The standard InChI is InChI=1S/C26H27BrN4O3/c1-5-8-19-13-18(14-23(33-7-3)24(19)34-12-11-28)16-29-31-25(17(4)6-2)30-22-10-9-20(27)15-21(22)26(31)32/h5,9-10,13-17H,1,6-8,12H2,2-4H3/t17-/m0/s1. The first-order valence-corrected chi connectivity index (χ1v) is 11.9. The van der Waals surface area contributed by atoms with Crippen molar-refractivity contribution in [1.82, 2.24) is 9.66 Å². The van der Waals surface area contributed by atoms with Crippen LogP contribution in [0.15, 0.2) is 57.4 Å². The van der Waals surface area contributed by atoms with Gasteiger partial charge in [0.1, 0.15) is 11.9 Å². The molecule has 34 heavy (non-hydrogen) atoms. The zero-order chi connectivity index (χ0) is 24.7. The van der Waals surface area contributed by atoms with Crippen LogP contribution in [0.3, 0.4) is 0 Å². The third-order valence-corrected chi connectivity index (χ3v) is 5.80. The molecule has 3 aromatic rings. The summed E-state index contributed by atoms with van der Waals surface area (Å²) in [5, 5.41) is 14.0. The van der Waals surface area contributed by atoms with Crippen LogP contribution in [0.25, 0.3) is 10.9 Å². The van der Waals surface area contributed by atoms with E-state index in [4.69, 9.17) is 19.7 Å². The van der Waals surface area contributed by atoms with Gasteiger partial charge in [0.15, 0.2) is 18.1 Å². The van der Waals surface area contributed by atoms with Crippen LogP contribution >= 0.6 is 15.9 Å². The van der Waals surface area contributed by atoms with Crippen LogP contribution in [0.5, 0.6) is 11.5 Å². The lowest BCUT2D eigenvalue weighted by molar-refractivity contribution is 0.297. The Hall–Kier alpha value is -3.44. The van der Waals surface area contributed by atoms with Crippen molar-refractivity contribution in [1.29, 1.82) is 5.26 Å². The number of aromatic nitrogens is 2. The van der Waals surface area contributed by atoms with E-state index >= 15 is 0 Å². The molecular weight excluding hydrogens is 496 g/mol. The highest BCUT2D eigenvalue weighted by Gasteiger charge is 2.16. The second-order valence-electron chi connectivity index (χ2n) is 7.68. The Morgan fingerprint density at radius 2 is 2.09 bits per heavy atom. The summed E-state index contributed by atoms with van der Waals surface area (Å²) < 4.78 is 13.6. The minimum atomic E-state index is -0.233. The van der Waals surface area contributed by atoms with Gasteiger partial charge in [-0.05, 0) is 55.7 Å². The number of allylic oxidation sites excluding steroid dienone is 1. The third-order valence-electron chi connectivity index (χ3n) is 5.31. The predicted octanol–water partition coefficient (Wildman–Crippen LogP) is 5.58. The molecule has 2 aromatic carbocycles. The Morgan fingerprint density at radius 1 is 1.29 bits per heavy atom. The van der Waals surface area contributed by atoms with E-state index in [1.165, 1.54) is 4.68 Å². The normalized spacial score (nSPS) is 12.0. The van der Waals surface area contributed by atoms with Gasteiger partial charge in [-0.3, -0.25) is 4.79 Å². The van der Waals surface area contributed by atoms with Crippen molar-refractivity contribution in [2.24, 2.45) is 5.10 Å². The molecule has 0 bridgehead atoms.